The van der Waals surface area contributed by atoms with Crippen molar-refractivity contribution in [1.29, 1.82) is 0 Å². The van der Waals surface area contributed by atoms with Gasteiger partial charge in [0.15, 0.2) is 0 Å². The van der Waals surface area contributed by atoms with E-state index in [0.717, 1.165) is 0 Å². The minimum atomic E-state index is -0.803. The summed E-state index contributed by atoms with van der Waals surface area (Å²) in [5.41, 5.74) is 0.685. The Balaban J connectivity index is 2.11. The third-order valence-electron chi connectivity index (χ3n) is 6.67. The van der Waals surface area contributed by atoms with Gasteiger partial charge in [0.2, 0.25) is 11.8 Å². The Labute approximate surface area is 207 Å². The summed E-state index contributed by atoms with van der Waals surface area (Å²) in [4.78, 5) is 48.6. The van der Waals surface area contributed by atoms with Crippen molar-refractivity contribution in [1.82, 2.24) is 5.32 Å². The largest absolute Gasteiger partial charge is 0.454 e. The van der Waals surface area contributed by atoms with Gasteiger partial charge in [-0.15, -0.1) is 0 Å². The molecule has 0 spiro atoms. The summed E-state index contributed by atoms with van der Waals surface area (Å²) < 4.78 is 11.1. The summed E-state index contributed by atoms with van der Waals surface area (Å²) in [6.07, 6.45) is 9.96. The van der Waals surface area contributed by atoms with E-state index in [0.29, 0.717) is 44.1 Å². The van der Waals surface area contributed by atoms with E-state index in [1.54, 1.807) is 27.0 Å². The van der Waals surface area contributed by atoms with E-state index < -0.39 is 30.2 Å². The van der Waals surface area contributed by atoms with Gasteiger partial charge in [0.25, 0.3) is 0 Å². The molecule has 2 rings (SSSR count). The summed E-state index contributed by atoms with van der Waals surface area (Å²) in [7, 11) is 1.55. The molecule has 5 atom stereocenters. The maximum absolute atomic E-state index is 13.0. The van der Waals surface area contributed by atoms with Crippen LogP contribution in [0, 0.1) is 17.8 Å². The number of Topliss-reactive ketones (excluding diaryl/α,β-unsaturated/α-hetero) is 1. The van der Waals surface area contributed by atoms with Crippen molar-refractivity contribution in [2.24, 2.45) is 17.8 Å². The van der Waals surface area contributed by atoms with E-state index in [1.165, 1.54) is 6.08 Å². The molecule has 8 heteroatoms. The lowest BCUT2D eigenvalue weighted by atomic mass is 9.86. The summed E-state index contributed by atoms with van der Waals surface area (Å²) in [6.45, 7) is 5.39. The van der Waals surface area contributed by atoms with Crippen molar-refractivity contribution >= 4 is 23.6 Å². The number of cyclic esters (lactones) is 1. The van der Waals surface area contributed by atoms with Gasteiger partial charge in [0.1, 0.15) is 18.0 Å². The predicted octanol–water partition coefficient (Wildman–Crippen LogP) is 3.19. The van der Waals surface area contributed by atoms with E-state index in [-0.39, 0.29) is 35.9 Å². The Bertz CT molecular complexity index is 844. The van der Waals surface area contributed by atoms with Crippen LogP contribution in [0.25, 0.3) is 0 Å². The van der Waals surface area contributed by atoms with E-state index in [2.05, 4.69) is 5.32 Å². The normalized spacial score (nSPS) is 31.3. The molecule has 2 heterocycles. The highest BCUT2D eigenvalue weighted by Gasteiger charge is 2.31. The molecule has 1 fully saturated rings. The maximum atomic E-state index is 13.0. The molecule has 2 N–H and O–H groups in total. The van der Waals surface area contributed by atoms with Gasteiger partial charge in [-0.2, -0.15) is 0 Å². The van der Waals surface area contributed by atoms with Crippen LogP contribution in [-0.4, -0.2) is 54.1 Å². The number of methoxy groups -OCH3 is 1. The number of hydrogen-bond donors (Lipinski definition) is 2. The van der Waals surface area contributed by atoms with Gasteiger partial charge in [-0.25, -0.2) is 4.79 Å². The van der Waals surface area contributed by atoms with Gasteiger partial charge in [0.05, 0.1) is 12.0 Å². The van der Waals surface area contributed by atoms with E-state index >= 15 is 0 Å². The van der Waals surface area contributed by atoms with E-state index in [1.807, 2.05) is 25.2 Å². The highest BCUT2D eigenvalue weighted by molar-refractivity contribution is 5.97. The molecule has 0 aromatic heterocycles. The molecule has 194 valence electrons. The van der Waals surface area contributed by atoms with Crippen LogP contribution in [0.15, 0.2) is 36.0 Å². The molecule has 8 nitrogen and oxygen atoms in total. The molecule has 0 saturated carbocycles. The maximum Gasteiger partial charge on any atom is 0.331 e. The van der Waals surface area contributed by atoms with Crippen LogP contribution in [0.1, 0.15) is 65.7 Å². The topological polar surface area (TPSA) is 119 Å². The zero-order chi connectivity index (χ0) is 26.0. The summed E-state index contributed by atoms with van der Waals surface area (Å²) in [6, 6.07) is 0. The van der Waals surface area contributed by atoms with Crippen molar-refractivity contribution in [2.45, 2.75) is 84.0 Å². The number of ketones is 1. The van der Waals surface area contributed by atoms with Gasteiger partial charge in [-0.1, -0.05) is 38.2 Å². The fraction of sp³-hybridized carbons (Fsp3) is 0.630. The van der Waals surface area contributed by atoms with Crippen LogP contribution in [0.4, 0.5) is 0 Å². The number of carbonyl (C=O) groups excluding carboxylic acids is 4. The van der Waals surface area contributed by atoms with E-state index in [9.17, 15) is 24.3 Å². The molecule has 0 radical (unpaired) electrons. The fourth-order valence-electron chi connectivity index (χ4n) is 4.61. The Hall–Kier alpha value is -2.58. The van der Waals surface area contributed by atoms with Gasteiger partial charge < -0.3 is 14.6 Å². The SMILES string of the molecule is CO[C@H]1/C=C/CC/C=C/C(=O)O[C@@H]([C@@H](C)C(=O)CCCC2CC(=O)NC(=O)C2)/C(C)=C\[C@@H](C)[C@H]1O. The third kappa shape index (κ3) is 9.18. The molecule has 0 aliphatic carbocycles. The highest BCUT2D eigenvalue weighted by atomic mass is 16.5. The monoisotopic (exact) mass is 489 g/mol. The molecule has 0 unspecified atom stereocenters. The van der Waals surface area contributed by atoms with Crippen molar-refractivity contribution in [3.8, 4) is 0 Å². The fourth-order valence-corrected chi connectivity index (χ4v) is 4.61. The molecule has 1 saturated heterocycles. The molecule has 0 bridgehead atoms. The number of ether oxygens (including phenoxy) is 2. The number of allylic oxidation sites excluding steroid dienone is 2. The smallest absolute Gasteiger partial charge is 0.331 e. The molecule has 35 heavy (non-hydrogen) atoms. The Morgan fingerprint density at radius 2 is 1.86 bits per heavy atom. The predicted molar refractivity (Wildman–Crippen MR) is 131 cm³/mol. The molecular weight excluding hydrogens is 450 g/mol. The highest BCUT2D eigenvalue weighted by Crippen LogP contribution is 2.25. The minimum Gasteiger partial charge on any atom is -0.454 e. The number of rotatable bonds is 7. The van der Waals surface area contributed by atoms with Crippen LogP contribution in [-0.2, 0) is 28.7 Å². The third-order valence-corrected chi connectivity index (χ3v) is 6.67. The molecule has 0 aromatic rings. The average molecular weight is 490 g/mol. The van der Waals surface area contributed by atoms with Crippen LogP contribution >= 0.6 is 0 Å². The minimum absolute atomic E-state index is 0.0524. The standard InChI is InChI=1S/C27H39NO7/c1-17-14-18(2)27(35-25(32)13-8-6-5-7-12-22(34-4)26(17)33)19(3)21(29)11-9-10-20-15-23(30)28-24(31)16-20/h7-8,12-14,17,19-20,22,26-27,33H,5-6,9-11,15-16H2,1-4H3,(H,28,30,31)/b12-7+,13-8+,18-14-/t17-,19+,22+,26-,27-/m1/s1. The number of imide groups is 1. The molecule has 0 aromatic carbocycles. The molecule has 2 amide bonds. The number of nitrogens with one attached hydrogen (secondary N) is 1. The number of aliphatic hydroxyl groups excluding tert-OH is 1. The first-order chi connectivity index (χ1) is 16.6. The lowest BCUT2D eigenvalue weighted by Crippen LogP contribution is -2.38. The van der Waals surface area contributed by atoms with Gasteiger partial charge in [0, 0.05) is 38.4 Å². The van der Waals surface area contributed by atoms with Crippen molar-refractivity contribution in [3.63, 3.8) is 0 Å². The summed E-state index contributed by atoms with van der Waals surface area (Å²) >= 11 is 0. The number of hydrogen-bond acceptors (Lipinski definition) is 7. The number of amides is 2. The lowest BCUT2D eigenvalue weighted by molar-refractivity contribution is -0.145. The van der Waals surface area contributed by atoms with Crippen molar-refractivity contribution < 1.29 is 33.8 Å². The number of esters is 1. The first kappa shape index (κ1) is 28.7. The number of aliphatic hydroxyl groups is 1. The Morgan fingerprint density at radius 1 is 1.20 bits per heavy atom. The second-order valence-corrected chi connectivity index (χ2v) is 9.62. The Kier molecular flexibility index (Phi) is 11.5. The zero-order valence-electron chi connectivity index (χ0n) is 21.2. The zero-order valence-corrected chi connectivity index (χ0v) is 21.2. The van der Waals surface area contributed by atoms with Crippen molar-refractivity contribution in [2.75, 3.05) is 7.11 Å². The van der Waals surface area contributed by atoms with Gasteiger partial charge in [-0.3, -0.25) is 19.7 Å². The molecule has 2 aliphatic heterocycles. The van der Waals surface area contributed by atoms with E-state index in [4.69, 9.17) is 9.47 Å². The molecular formula is C27H39NO7. The summed E-state index contributed by atoms with van der Waals surface area (Å²) in [5, 5.41) is 13.1. The number of piperidine rings is 1. The number of carbonyl (C=O) groups is 4. The second-order valence-electron chi connectivity index (χ2n) is 9.62. The quantitative estimate of drug-likeness (QED) is 0.320. The van der Waals surface area contributed by atoms with Crippen LogP contribution in [0.2, 0.25) is 0 Å². The Morgan fingerprint density at radius 3 is 2.51 bits per heavy atom. The first-order valence-corrected chi connectivity index (χ1v) is 12.4. The molecule has 2 aliphatic rings. The van der Waals surface area contributed by atoms with Crippen molar-refractivity contribution in [3.05, 3.63) is 36.0 Å². The van der Waals surface area contributed by atoms with Gasteiger partial charge >= 0.3 is 5.97 Å². The van der Waals surface area contributed by atoms with Crippen LogP contribution in [0.5, 0.6) is 0 Å². The van der Waals surface area contributed by atoms with Crippen LogP contribution < -0.4 is 5.32 Å². The van der Waals surface area contributed by atoms with Gasteiger partial charge in [-0.05, 0) is 44.1 Å². The second kappa shape index (κ2) is 14.1. The first-order valence-electron chi connectivity index (χ1n) is 12.4. The summed E-state index contributed by atoms with van der Waals surface area (Å²) in [5.74, 6) is -2.06. The van der Waals surface area contributed by atoms with Crippen LogP contribution in [0.3, 0.4) is 0 Å². The average Bonchev–Trinajstić information content (AvgIpc) is 2.79. The lowest BCUT2D eigenvalue weighted by Gasteiger charge is -2.27.